The number of hydrogen-bond donors (Lipinski definition) is 0. The van der Waals surface area contributed by atoms with E-state index in [-0.39, 0.29) is 11.5 Å². The molecular weight excluding hydrogens is 313 g/mol. The SMILES string of the molecule is O=C(c1cc(Br)ccc1F)N1CCn2ccnc2C1. The van der Waals surface area contributed by atoms with Gasteiger partial charge in [-0.05, 0) is 18.2 Å². The zero-order valence-corrected chi connectivity index (χ0v) is 11.6. The van der Waals surface area contributed by atoms with Crippen molar-refractivity contribution in [1.29, 1.82) is 0 Å². The lowest BCUT2D eigenvalue weighted by Gasteiger charge is -2.27. The summed E-state index contributed by atoms with van der Waals surface area (Å²) in [5.41, 5.74) is 0.0920. The minimum Gasteiger partial charge on any atom is -0.332 e. The van der Waals surface area contributed by atoms with E-state index >= 15 is 0 Å². The fourth-order valence-corrected chi connectivity index (χ4v) is 2.54. The van der Waals surface area contributed by atoms with Crippen molar-refractivity contribution in [3.8, 4) is 0 Å². The van der Waals surface area contributed by atoms with Crippen LogP contribution in [0.1, 0.15) is 16.2 Å². The lowest BCUT2D eigenvalue weighted by molar-refractivity contribution is 0.0702. The molecule has 98 valence electrons. The van der Waals surface area contributed by atoms with E-state index in [4.69, 9.17) is 0 Å². The Hall–Kier alpha value is -1.69. The predicted molar refractivity (Wildman–Crippen MR) is 71.1 cm³/mol. The monoisotopic (exact) mass is 323 g/mol. The molecule has 1 aromatic carbocycles. The summed E-state index contributed by atoms with van der Waals surface area (Å²) >= 11 is 3.25. The summed E-state index contributed by atoms with van der Waals surface area (Å²) in [5.74, 6) is 0.0326. The van der Waals surface area contributed by atoms with Crippen LogP contribution in [0.3, 0.4) is 0 Å². The van der Waals surface area contributed by atoms with Gasteiger partial charge in [0.1, 0.15) is 11.6 Å². The number of hydrogen-bond acceptors (Lipinski definition) is 2. The molecule has 0 radical (unpaired) electrons. The number of nitrogens with zero attached hydrogens (tertiary/aromatic N) is 3. The number of halogens is 2. The Balaban J connectivity index is 1.87. The highest BCUT2D eigenvalue weighted by molar-refractivity contribution is 9.10. The minimum atomic E-state index is -0.498. The van der Waals surface area contributed by atoms with Crippen molar-refractivity contribution in [3.05, 3.63) is 52.3 Å². The van der Waals surface area contributed by atoms with Gasteiger partial charge in [0, 0.05) is 30.0 Å². The van der Waals surface area contributed by atoms with Crippen LogP contribution in [0.15, 0.2) is 35.1 Å². The normalized spacial score (nSPS) is 14.3. The lowest BCUT2D eigenvalue weighted by Crippen LogP contribution is -2.38. The van der Waals surface area contributed by atoms with Crippen molar-refractivity contribution in [2.45, 2.75) is 13.1 Å². The first-order valence-electron chi connectivity index (χ1n) is 5.89. The number of carbonyl (C=O) groups excluding carboxylic acids is 1. The molecule has 3 rings (SSSR count). The summed E-state index contributed by atoms with van der Waals surface area (Å²) in [5, 5.41) is 0. The van der Waals surface area contributed by atoms with E-state index in [9.17, 15) is 9.18 Å². The van der Waals surface area contributed by atoms with Crippen LogP contribution in [0.2, 0.25) is 0 Å². The molecule has 6 heteroatoms. The van der Waals surface area contributed by atoms with Crippen molar-refractivity contribution in [1.82, 2.24) is 14.5 Å². The van der Waals surface area contributed by atoms with Crippen molar-refractivity contribution in [2.24, 2.45) is 0 Å². The number of fused-ring (bicyclic) bond motifs is 1. The predicted octanol–water partition coefficient (Wildman–Crippen LogP) is 2.44. The molecule has 0 saturated heterocycles. The van der Waals surface area contributed by atoms with Gasteiger partial charge in [0.15, 0.2) is 0 Å². The number of amides is 1. The molecule has 4 nitrogen and oxygen atoms in total. The molecule has 1 aliphatic rings. The molecule has 1 amide bonds. The molecule has 1 aromatic heterocycles. The van der Waals surface area contributed by atoms with E-state index < -0.39 is 5.82 Å². The summed E-state index contributed by atoms with van der Waals surface area (Å²) in [6, 6.07) is 4.38. The van der Waals surface area contributed by atoms with Gasteiger partial charge in [-0.1, -0.05) is 15.9 Å². The Labute approximate surface area is 118 Å². The summed E-state index contributed by atoms with van der Waals surface area (Å²) in [4.78, 5) is 18.1. The van der Waals surface area contributed by atoms with Crippen LogP contribution in [-0.4, -0.2) is 26.9 Å². The molecule has 2 heterocycles. The molecule has 0 atom stereocenters. The van der Waals surface area contributed by atoms with Crippen LogP contribution in [0, 0.1) is 5.82 Å². The number of aromatic nitrogens is 2. The first kappa shape index (κ1) is 12.3. The molecule has 0 unspecified atom stereocenters. The Bertz CT molecular complexity index is 641. The Kier molecular flexibility index (Phi) is 3.10. The van der Waals surface area contributed by atoms with Gasteiger partial charge in [-0.2, -0.15) is 0 Å². The van der Waals surface area contributed by atoms with Crippen molar-refractivity contribution >= 4 is 21.8 Å². The lowest BCUT2D eigenvalue weighted by atomic mass is 10.1. The van der Waals surface area contributed by atoms with E-state index in [0.717, 1.165) is 5.82 Å². The Morgan fingerprint density at radius 1 is 1.37 bits per heavy atom. The average Bonchev–Trinajstić information content (AvgIpc) is 2.88. The minimum absolute atomic E-state index is 0.0920. The maximum atomic E-state index is 13.7. The van der Waals surface area contributed by atoms with Gasteiger partial charge in [-0.25, -0.2) is 9.37 Å². The van der Waals surface area contributed by atoms with E-state index in [1.165, 1.54) is 12.1 Å². The molecule has 0 N–H and O–H groups in total. The third-order valence-electron chi connectivity index (χ3n) is 3.19. The fourth-order valence-electron chi connectivity index (χ4n) is 2.18. The summed E-state index contributed by atoms with van der Waals surface area (Å²) in [6.07, 6.45) is 3.60. The highest BCUT2D eigenvalue weighted by Crippen LogP contribution is 2.19. The maximum absolute atomic E-state index is 13.7. The van der Waals surface area contributed by atoms with E-state index in [1.54, 1.807) is 17.2 Å². The summed E-state index contributed by atoms with van der Waals surface area (Å²) in [6.45, 7) is 1.67. The van der Waals surface area contributed by atoms with Gasteiger partial charge in [0.05, 0.1) is 12.1 Å². The standard InChI is InChI=1S/C13H11BrFN3O/c14-9-1-2-11(15)10(7-9)13(19)18-6-5-17-4-3-16-12(17)8-18/h1-4,7H,5-6,8H2. The second kappa shape index (κ2) is 4.77. The average molecular weight is 324 g/mol. The maximum Gasteiger partial charge on any atom is 0.257 e. The molecule has 1 aliphatic heterocycles. The molecule has 0 spiro atoms. The molecule has 19 heavy (non-hydrogen) atoms. The number of rotatable bonds is 1. The van der Waals surface area contributed by atoms with Crippen LogP contribution in [0.25, 0.3) is 0 Å². The largest absolute Gasteiger partial charge is 0.332 e. The van der Waals surface area contributed by atoms with Gasteiger partial charge in [0.25, 0.3) is 5.91 Å². The molecule has 0 saturated carbocycles. The van der Waals surface area contributed by atoms with Gasteiger partial charge in [-0.15, -0.1) is 0 Å². The third-order valence-corrected chi connectivity index (χ3v) is 3.68. The van der Waals surface area contributed by atoms with Gasteiger partial charge in [-0.3, -0.25) is 4.79 Å². The Morgan fingerprint density at radius 3 is 3.05 bits per heavy atom. The van der Waals surface area contributed by atoms with Gasteiger partial charge < -0.3 is 9.47 Å². The number of carbonyl (C=O) groups is 1. The Morgan fingerprint density at radius 2 is 2.21 bits per heavy atom. The smallest absolute Gasteiger partial charge is 0.257 e. The first-order valence-corrected chi connectivity index (χ1v) is 6.69. The molecule has 0 aliphatic carbocycles. The zero-order chi connectivity index (χ0) is 13.4. The highest BCUT2D eigenvalue weighted by Gasteiger charge is 2.24. The van der Waals surface area contributed by atoms with E-state index in [1.807, 2.05) is 10.8 Å². The number of imidazole rings is 1. The van der Waals surface area contributed by atoms with Gasteiger partial charge >= 0.3 is 0 Å². The molecule has 2 aromatic rings. The van der Waals surface area contributed by atoms with Crippen LogP contribution in [0.4, 0.5) is 4.39 Å². The van der Waals surface area contributed by atoms with Crippen LogP contribution in [-0.2, 0) is 13.1 Å². The summed E-state index contributed by atoms with van der Waals surface area (Å²) < 4.78 is 16.4. The second-order valence-electron chi connectivity index (χ2n) is 4.39. The molecular formula is C13H11BrFN3O. The van der Waals surface area contributed by atoms with Crippen LogP contribution >= 0.6 is 15.9 Å². The van der Waals surface area contributed by atoms with E-state index in [0.29, 0.717) is 24.1 Å². The number of benzene rings is 1. The second-order valence-corrected chi connectivity index (χ2v) is 5.30. The molecule has 0 fully saturated rings. The van der Waals surface area contributed by atoms with Crippen LogP contribution in [0.5, 0.6) is 0 Å². The zero-order valence-electron chi connectivity index (χ0n) is 10.0. The first-order chi connectivity index (χ1) is 9.15. The topological polar surface area (TPSA) is 38.1 Å². The van der Waals surface area contributed by atoms with Crippen molar-refractivity contribution in [2.75, 3.05) is 6.54 Å². The highest BCUT2D eigenvalue weighted by atomic mass is 79.9. The van der Waals surface area contributed by atoms with Crippen molar-refractivity contribution in [3.63, 3.8) is 0 Å². The quantitative estimate of drug-likeness (QED) is 0.808. The summed E-state index contributed by atoms with van der Waals surface area (Å²) in [7, 11) is 0. The van der Waals surface area contributed by atoms with E-state index in [2.05, 4.69) is 20.9 Å². The van der Waals surface area contributed by atoms with Crippen LogP contribution < -0.4 is 0 Å². The van der Waals surface area contributed by atoms with Crippen molar-refractivity contribution < 1.29 is 9.18 Å². The molecule has 0 bridgehead atoms. The fraction of sp³-hybridized carbons (Fsp3) is 0.231. The van der Waals surface area contributed by atoms with Gasteiger partial charge in [0.2, 0.25) is 0 Å². The third kappa shape index (κ3) is 2.28.